The Bertz CT molecular complexity index is 624. The van der Waals surface area contributed by atoms with Crippen molar-refractivity contribution in [3.63, 3.8) is 0 Å². The quantitative estimate of drug-likeness (QED) is 0.800. The summed E-state index contributed by atoms with van der Waals surface area (Å²) in [5.74, 6) is 0.348. The molecule has 2 aromatic heterocycles. The molecule has 0 aliphatic heterocycles. The van der Waals surface area contributed by atoms with Crippen LogP contribution in [0.25, 0.3) is 10.2 Å². The van der Waals surface area contributed by atoms with E-state index in [2.05, 4.69) is 9.97 Å². The highest BCUT2D eigenvalue weighted by Crippen LogP contribution is 2.32. The van der Waals surface area contributed by atoms with E-state index >= 15 is 0 Å². The molecule has 0 radical (unpaired) electrons. The van der Waals surface area contributed by atoms with E-state index in [-0.39, 0.29) is 12.6 Å². The van der Waals surface area contributed by atoms with Crippen LogP contribution in [0.2, 0.25) is 5.15 Å². The molecule has 0 atom stereocenters. The summed E-state index contributed by atoms with van der Waals surface area (Å²) < 4.78 is 37.7. The summed E-state index contributed by atoms with van der Waals surface area (Å²) in [5.41, 5.74) is 0. The molecule has 0 aromatic carbocycles. The Kier molecular flexibility index (Phi) is 3.60. The number of halogens is 4. The summed E-state index contributed by atoms with van der Waals surface area (Å²) in [6, 6.07) is 1.79. The fraction of sp³-hybridized carbons (Fsp3) is 0.500. The number of rotatable bonds is 4. The SMILES string of the molecule is FC(F)(F)CN(Cc1nc(Cl)c2ccsc2n1)C1CC1. The number of hydrogen-bond donors (Lipinski definition) is 0. The minimum Gasteiger partial charge on any atom is -0.284 e. The van der Waals surface area contributed by atoms with E-state index in [4.69, 9.17) is 11.6 Å². The second-order valence-corrected chi connectivity index (χ2v) is 6.07. The van der Waals surface area contributed by atoms with E-state index < -0.39 is 12.7 Å². The van der Waals surface area contributed by atoms with Gasteiger partial charge in [0.1, 0.15) is 15.8 Å². The molecule has 0 spiro atoms. The van der Waals surface area contributed by atoms with Gasteiger partial charge in [-0.2, -0.15) is 13.2 Å². The molecule has 108 valence electrons. The lowest BCUT2D eigenvalue weighted by atomic mass is 10.4. The van der Waals surface area contributed by atoms with Crippen molar-refractivity contribution in [3.8, 4) is 0 Å². The number of aromatic nitrogens is 2. The van der Waals surface area contributed by atoms with Gasteiger partial charge in [-0.25, -0.2) is 9.97 Å². The van der Waals surface area contributed by atoms with Crippen LogP contribution < -0.4 is 0 Å². The lowest BCUT2D eigenvalue weighted by Gasteiger charge is -2.22. The maximum Gasteiger partial charge on any atom is 0.401 e. The third-order valence-corrected chi connectivity index (χ3v) is 4.21. The molecular formula is C12H11ClF3N3S. The van der Waals surface area contributed by atoms with Crippen molar-refractivity contribution in [3.05, 3.63) is 22.4 Å². The van der Waals surface area contributed by atoms with Gasteiger partial charge in [0.05, 0.1) is 13.1 Å². The first-order valence-electron chi connectivity index (χ1n) is 6.13. The van der Waals surface area contributed by atoms with Gasteiger partial charge < -0.3 is 0 Å². The van der Waals surface area contributed by atoms with Crippen LogP contribution in [0.4, 0.5) is 13.2 Å². The smallest absolute Gasteiger partial charge is 0.284 e. The molecule has 3 rings (SSSR count). The molecule has 0 saturated heterocycles. The van der Waals surface area contributed by atoms with E-state index in [1.165, 1.54) is 16.2 Å². The van der Waals surface area contributed by atoms with E-state index in [0.29, 0.717) is 15.8 Å². The van der Waals surface area contributed by atoms with Gasteiger partial charge >= 0.3 is 6.18 Å². The first-order chi connectivity index (χ1) is 9.42. The second-order valence-electron chi connectivity index (χ2n) is 4.82. The zero-order valence-electron chi connectivity index (χ0n) is 10.3. The highest BCUT2D eigenvalue weighted by atomic mass is 35.5. The minimum absolute atomic E-state index is 0.0157. The predicted octanol–water partition coefficient (Wildman–Crippen LogP) is 3.87. The van der Waals surface area contributed by atoms with Crippen LogP contribution in [0, 0.1) is 0 Å². The molecule has 1 aliphatic carbocycles. The molecular weight excluding hydrogens is 311 g/mol. The Labute approximate surface area is 122 Å². The highest BCUT2D eigenvalue weighted by molar-refractivity contribution is 7.16. The van der Waals surface area contributed by atoms with Crippen LogP contribution in [0.5, 0.6) is 0 Å². The first kappa shape index (κ1) is 14.0. The van der Waals surface area contributed by atoms with Gasteiger partial charge in [0, 0.05) is 11.4 Å². The predicted molar refractivity (Wildman–Crippen MR) is 71.9 cm³/mol. The average Bonchev–Trinajstić information content (AvgIpc) is 3.06. The Morgan fingerprint density at radius 3 is 2.75 bits per heavy atom. The molecule has 8 heteroatoms. The second kappa shape index (κ2) is 5.13. The Balaban J connectivity index is 1.82. The highest BCUT2D eigenvalue weighted by Gasteiger charge is 2.38. The summed E-state index contributed by atoms with van der Waals surface area (Å²) >= 11 is 7.43. The van der Waals surface area contributed by atoms with Gasteiger partial charge in [-0.1, -0.05) is 11.6 Å². The van der Waals surface area contributed by atoms with Crippen molar-refractivity contribution < 1.29 is 13.2 Å². The summed E-state index contributed by atoms with van der Waals surface area (Å²) in [7, 11) is 0. The third-order valence-electron chi connectivity index (χ3n) is 3.12. The van der Waals surface area contributed by atoms with Crippen LogP contribution in [0.15, 0.2) is 11.4 Å². The standard InChI is InChI=1S/C12H11ClF3N3S/c13-10-8-3-4-20-11(8)18-9(17-10)5-19(7-1-2-7)6-12(14,15)16/h3-4,7H,1-2,5-6H2. The fourth-order valence-corrected chi connectivity index (χ4v) is 3.19. The summed E-state index contributed by atoms with van der Waals surface area (Å²) in [6.07, 6.45) is -2.62. The monoisotopic (exact) mass is 321 g/mol. The van der Waals surface area contributed by atoms with E-state index in [1.807, 2.05) is 5.38 Å². The van der Waals surface area contributed by atoms with Gasteiger partial charge in [-0.05, 0) is 24.3 Å². The number of fused-ring (bicyclic) bond motifs is 1. The fourth-order valence-electron chi connectivity index (χ4n) is 2.10. The molecule has 2 heterocycles. The van der Waals surface area contributed by atoms with Crippen LogP contribution in [0.1, 0.15) is 18.7 Å². The molecule has 0 amide bonds. The van der Waals surface area contributed by atoms with Crippen molar-refractivity contribution >= 4 is 33.2 Å². The molecule has 3 nitrogen and oxygen atoms in total. The lowest BCUT2D eigenvalue weighted by molar-refractivity contribution is -0.148. The van der Waals surface area contributed by atoms with Crippen LogP contribution in [-0.4, -0.2) is 33.6 Å². The van der Waals surface area contributed by atoms with Crippen molar-refractivity contribution in [2.75, 3.05) is 6.54 Å². The van der Waals surface area contributed by atoms with Crippen LogP contribution in [0.3, 0.4) is 0 Å². The minimum atomic E-state index is -4.21. The average molecular weight is 322 g/mol. The van der Waals surface area contributed by atoms with Crippen LogP contribution in [-0.2, 0) is 6.54 Å². The molecule has 1 saturated carbocycles. The van der Waals surface area contributed by atoms with Crippen molar-refractivity contribution in [2.45, 2.75) is 31.6 Å². The Hall–Kier alpha value is -0.920. The molecule has 2 aromatic rings. The number of nitrogens with zero attached hydrogens (tertiary/aromatic N) is 3. The van der Waals surface area contributed by atoms with E-state index in [9.17, 15) is 13.2 Å². The van der Waals surface area contributed by atoms with Gasteiger partial charge in [-0.3, -0.25) is 4.90 Å². The molecule has 0 unspecified atom stereocenters. The third kappa shape index (κ3) is 3.21. The van der Waals surface area contributed by atoms with Crippen molar-refractivity contribution in [2.24, 2.45) is 0 Å². The van der Waals surface area contributed by atoms with Gasteiger partial charge in [0.25, 0.3) is 0 Å². The molecule has 1 aliphatic rings. The molecule has 20 heavy (non-hydrogen) atoms. The summed E-state index contributed by atoms with van der Waals surface area (Å²) in [6.45, 7) is -0.848. The molecule has 1 fully saturated rings. The zero-order valence-corrected chi connectivity index (χ0v) is 11.9. The topological polar surface area (TPSA) is 29.0 Å². The van der Waals surface area contributed by atoms with Crippen molar-refractivity contribution in [1.29, 1.82) is 0 Å². The number of alkyl halides is 3. The van der Waals surface area contributed by atoms with Crippen LogP contribution >= 0.6 is 22.9 Å². The summed E-state index contributed by atoms with van der Waals surface area (Å²) in [4.78, 5) is 10.5. The lowest BCUT2D eigenvalue weighted by Crippen LogP contribution is -2.35. The van der Waals surface area contributed by atoms with Gasteiger partial charge in [-0.15, -0.1) is 11.3 Å². The Morgan fingerprint density at radius 2 is 2.10 bits per heavy atom. The van der Waals surface area contributed by atoms with Crippen molar-refractivity contribution in [1.82, 2.24) is 14.9 Å². The number of thiophene rings is 1. The summed E-state index contributed by atoms with van der Waals surface area (Å²) in [5, 5.41) is 2.88. The zero-order chi connectivity index (χ0) is 14.3. The Morgan fingerprint density at radius 1 is 1.35 bits per heavy atom. The van der Waals surface area contributed by atoms with Gasteiger partial charge in [0.2, 0.25) is 0 Å². The maximum atomic E-state index is 12.6. The number of hydrogen-bond acceptors (Lipinski definition) is 4. The van der Waals surface area contributed by atoms with Gasteiger partial charge in [0.15, 0.2) is 0 Å². The van der Waals surface area contributed by atoms with E-state index in [0.717, 1.165) is 18.2 Å². The largest absolute Gasteiger partial charge is 0.401 e. The maximum absolute atomic E-state index is 12.6. The normalized spacial score (nSPS) is 16.2. The molecule has 0 bridgehead atoms. The van der Waals surface area contributed by atoms with E-state index in [1.54, 1.807) is 6.07 Å². The molecule has 0 N–H and O–H groups in total. The first-order valence-corrected chi connectivity index (χ1v) is 7.38.